The zero-order valence-corrected chi connectivity index (χ0v) is 11.3. The molecule has 6 nitrogen and oxygen atoms in total. The summed E-state index contributed by atoms with van der Waals surface area (Å²) in [5, 5.41) is 27.7. The van der Waals surface area contributed by atoms with Gasteiger partial charge in [0.15, 0.2) is 0 Å². The predicted molar refractivity (Wildman–Crippen MR) is 81.0 cm³/mol. The minimum absolute atomic E-state index is 0.0560. The Morgan fingerprint density at radius 1 is 0.955 bits per heavy atom. The molecule has 0 radical (unpaired) electrons. The molecule has 1 heterocycles. The standard InChI is InChI=1S/C16H11N3O3/c20-14-8-7-13(10-5-3-9-17-15(10)14)19-18-12-6-2-1-4-11(12)16(21)22/h1-9,20H,(H,21,22). The highest BCUT2D eigenvalue weighted by atomic mass is 16.4. The van der Waals surface area contributed by atoms with Crippen LogP contribution in [0.1, 0.15) is 10.4 Å². The summed E-state index contributed by atoms with van der Waals surface area (Å²) in [6.07, 6.45) is 1.57. The largest absolute Gasteiger partial charge is 0.506 e. The quantitative estimate of drug-likeness (QED) is 0.712. The van der Waals surface area contributed by atoms with E-state index in [0.717, 1.165) is 0 Å². The van der Waals surface area contributed by atoms with Gasteiger partial charge in [-0.25, -0.2) is 4.79 Å². The molecule has 3 rings (SSSR count). The summed E-state index contributed by atoms with van der Waals surface area (Å²) in [4.78, 5) is 15.2. The summed E-state index contributed by atoms with van der Waals surface area (Å²) < 4.78 is 0. The minimum atomic E-state index is -1.06. The van der Waals surface area contributed by atoms with E-state index in [1.807, 2.05) is 0 Å². The van der Waals surface area contributed by atoms with E-state index in [0.29, 0.717) is 16.6 Å². The topological polar surface area (TPSA) is 95.1 Å². The highest BCUT2D eigenvalue weighted by molar-refractivity contribution is 5.94. The first-order chi connectivity index (χ1) is 10.7. The zero-order valence-electron chi connectivity index (χ0n) is 11.3. The van der Waals surface area contributed by atoms with Gasteiger partial charge in [-0.2, -0.15) is 0 Å². The third-order valence-corrected chi connectivity index (χ3v) is 3.13. The normalized spacial score (nSPS) is 11.1. The summed E-state index contributed by atoms with van der Waals surface area (Å²) in [6, 6.07) is 12.9. The fraction of sp³-hybridized carbons (Fsp3) is 0. The van der Waals surface area contributed by atoms with Crippen LogP contribution in [0.15, 0.2) is 65.0 Å². The van der Waals surface area contributed by atoms with Crippen molar-refractivity contribution in [1.82, 2.24) is 4.98 Å². The van der Waals surface area contributed by atoms with Crippen LogP contribution in [0.25, 0.3) is 10.9 Å². The lowest BCUT2D eigenvalue weighted by molar-refractivity contribution is 0.0697. The van der Waals surface area contributed by atoms with Gasteiger partial charge in [0, 0.05) is 11.6 Å². The van der Waals surface area contributed by atoms with Crippen molar-refractivity contribution in [3.63, 3.8) is 0 Å². The first-order valence-corrected chi connectivity index (χ1v) is 6.47. The number of azo groups is 1. The van der Waals surface area contributed by atoms with Crippen molar-refractivity contribution in [3.8, 4) is 5.75 Å². The number of aromatic hydroxyl groups is 1. The molecule has 0 spiro atoms. The number of phenolic OH excluding ortho intramolecular Hbond substituents is 1. The van der Waals surface area contributed by atoms with E-state index in [1.165, 1.54) is 12.1 Å². The third-order valence-electron chi connectivity index (χ3n) is 3.13. The highest BCUT2D eigenvalue weighted by Gasteiger charge is 2.09. The fourth-order valence-electron chi connectivity index (χ4n) is 2.08. The van der Waals surface area contributed by atoms with E-state index >= 15 is 0 Å². The van der Waals surface area contributed by atoms with Crippen LogP contribution in [0, 0.1) is 0 Å². The Morgan fingerprint density at radius 2 is 1.73 bits per heavy atom. The number of benzene rings is 2. The molecule has 0 bridgehead atoms. The number of phenols is 1. The lowest BCUT2D eigenvalue weighted by Gasteiger charge is -2.03. The molecule has 0 saturated carbocycles. The average Bonchev–Trinajstić information content (AvgIpc) is 2.55. The van der Waals surface area contributed by atoms with Crippen molar-refractivity contribution in [2.24, 2.45) is 10.2 Å². The zero-order chi connectivity index (χ0) is 15.5. The van der Waals surface area contributed by atoms with Gasteiger partial charge in [0.2, 0.25) is 0 Å². The van der Waals surface area contributed by atoms with E-state index in [-0.39, 0.29) is 17.0 Å². The lowest BCUT2D eigenvalue weighted by Crippen LogP contribution is -1.95. The lowest BCUT2D eigenvalue weighted by atomic mass is 10.1. The first-order valence-electron chi connectivity index (χ1n) is 6.47. The van der Waals surface area contributed by atoms with Crippen LogP contribution in [0.5, 0.6) is 5.75 Å². The first kappa shape index (κ1) is 13.7. The molecule has 0 saturated heterocycles. The molecule has 0 aliphatic rings. The van der Waals surface area contributed by atoms with Crippen LogP contribution in [0.4, 0.5) is 11.4 Å². The summed E-state index contributed by atoms with van der Waals surface area (Å²) in [6.45, 7) is 0. The van der Waals surface area contributed by atoms with Crippen molar-refractivity contribution in [2.75, 3.05) is 0 Å². The Bertz CT molecular complexity index is 891. The molecule has 22 heavy (non-hydrogen) atoms. The number of nitrogens with zero attached hydrogens (tertiary/aromatic N) is 3. The van der Waals surface area contributed by atoms with E-state index in [9.17, 15) is 9.90 Å². The van der Waals surface area contributed by atoms with Crippen molar-refractivity contribution < 1.29 is 15.0 Å². The summed E-state index contributed by atoms with van der Waals surface area (Å²) >= 11 is 0. The van der Waals surface area contributed by atoms with Crippen LogP contribution >= 0.6 is 0 Å². The maximum absolute atomic E-state index is 11.1. The molecule has 0 fully saturated rings. The van der Waals surface area contributed by atoms with Crippen molar-refractivity contribution >= 4 is 28.2 Å². The van der Waals surface area contributed by atoms with E-state index < -0.39 is 5.97 Å². The number of carboxylic acids is 1. The van der Waals surface area contributed by atoms with Crippen LogP contribution in [-0.4, -0.2) is 21.2 Å². The summed E-state index contributed by atoms with van der Waals surface area (Å²) in [5.41, 5.74) is 1.26. The molecule has 108 valence electrons. The molecule has 2 aromatic carbocycles. The van der Waals surface area contributed by atoms with Crippen LogP contribution in [0.2, 0.25) is 0 Å². The monoisotopic (exact) mass is 293 g/mol. The van der Waals surface area contributed by atoms with E-state index in [2.05, 4.69) is 15.2 Å². The Kier molecular flexibility index (Phi) is 3.49. The summed E-state index contributed by atoms with van der Waals surface area (Å²) in [5.74, 6) is -1.01. The van der Waals surface area contributed by atoms with Gasteiger partial charge in [-0.1, -0.05) is 12.1 Å². The predicted octanol–water partition coefficient (Wildman–Crippen LogP) is 4.05. The molecule has 0 amide bonds. The number of fused-ring (bicyclic) bond motifs is 1. The van der Waals surface area contributed by atoms with Crippen LogP contribution in [-0.2, 0) is 0 Å². The smallest absolute Gasteiger partial charge is 0.337 e. The SMILES string of the molecule is O=C(O)c1ccccc1N=Nc1ccc(O)c2ncccc12. The second kappa shape index (κ2) is 5.61. The van der Waals surface area contributed by atoms with E-state index in [4.69, 9.17) is 5.11 Å². The van der Waals surface area contributed by atoms with E-state index in [1.54, 1.807) is 42.6 Å². The van der Waals surface area contributed by atoms with Crippen LogP contribution < -0.4 is 0 Å². The molecule has 0 aliphatic carbocycles. The van der Waals surface area contributed by atoms with Gasteiger partial charge < -0.3 is 10.2 Å². The fourth-order valence-corrected chi connectivity index (χ4v) is 2.08. The molecule has 0 aliphatic heterocycles. The van der Waals surface area contributed by atoms with Gasteiger partial charge >= 0.3 is 5.97 Å². The Labute approximate surface area is 125 Å². The van der Waals surface area contributed by atoms with Gasteiger partial charge in [0.05, 0.1) is 11.3 Å². The number of hydrogen-bond donors (Lipinski definition) is 2. The maximum atomic E-state index is 11.1. The third kappa shape index (κ3) is 2.49. The van der Waals surface area contributed by atoms with Crippen LogP contribution in [0.3, 0.4) is 0 Å². The van der Waals surface area contributed by atoms with Gasteiger partial charge in [-0.3, -0.25) is 4.98 Å². The molecule has 6 heteroatoms. The number of carboxylic acid groups (broad SMARTS) is 1. The Balaban J connectivity index is 2.08. The van der Waals surface area contributed by atoms with Crippen molar-refractivity contribution in [2.45, 2.75) is 0 Å². The number of hydrogen-bond acceptors (Lipinski definition) is 5. The Morgan fingerprint density at radius 3 is 2.55 bits per heavy atom. The van der Waals surface area contributed by atoms with Crippen molar-refractivity contribution in [1.29, 1.82) is 0 Å². The number of rotatable bonds is 3. The summed E-state index contributed by atoms with van der Waals surface area (Å²) in [7, 11) is 0. The number of pyridine rings is 1. The number of carbonyl (C=O) groups is 1. The second-order valence-corrected chi connectivity index (χ2v) is 4.53. The molecule has 0 unspecified atom stereocenters. The second-order valence-electron chi connectivity index (χ2n) is 4.53. The van der Waals surface area contributed by atoms with Gasteiger partial charge in [0.25, 0.3) is 0 Å². The molecule has 1 aromatic heterocycles. The highest BCUT2D eigenvalue weighted by Crippen LogP contribution is 2.32. The molecular weight excluding hydrogens is 282 g/mol. The van der Waals surface area contributed by atoms with Crippen molar-refractivity contribution in [3.05, 3.63) is 60.3 Å². The Hall–Kier alpha value is -3.28. The van der Waals surface area contributed by atoms with Gasteiger partial charge in [0.1, 0.15) is 17.0 Å². The van der Waals surface area contributed by atoms with Gasteiger partial charge in [-0.05, 0) is 36.4 Å². The molecule has 2 N–H and O–H groups in total. The maximum Gasteiger partial charge on any atom is 0.337 e. The molecule has 0 atom stereocenters. The van der Waals surface area contributed by atoms with Gasteiger partial charge in [-0.15, -0.1) is 10.2 Å². The number of aromatic nitrogens is 1. The minimum Gasteiger partial charge on any atom is -0.506 e. The molecular formula is C16H11N3O3. The molecule has 3 aromatic rings. The average molecular weight is 293 g/mol. The number of aromatic carboxylic acids is 1.